The van der Waals surface area contributed by atoms with Crippen LogP contribution >= 0.6 is 11.3 Å². The number of carboxylic acids is 1. The molecule has 0 saturated heterocycles. The number of amides is 1. The second-order valence-corrected chi connectivity index (χ2v) is 8.33. The minimum Gasteiger partial charge on any atom is -0.481 e. The third kappa shape index (κ3) is 4.26. The van der Waals surface area contributed by atoms with E-state index in [1.807, 2.05) is 0 Å². The summed E-state index contributed by atoms with van der Waals surface area (Å²) >= 11 is 0.908. The van der Waals surface area contributed by atoms with Crippen LogP contribution in [0.3, 0.4) is 0 Å². The van der Waals surface area contributed by atoms with Crippen LogP contribution in [0.1, 0.15) is 17.7 Å². The molecule has 0 aliphatic heterocycles. The Kier molecular flexibility index (Phi) is 4.64. The molecule has 1 aromatic heterocycles. The van der Waals surface area contributed by atoms with E-state index in [0.717, 1.165) is 28.5 Å². The van der Waals surface area contributed by atoms with Gasteiger partial charge in [0.1, 0.15) is 4.21 Å². The van der Waals surface area contributed by atoms with Gasteiger partial charge in [0, 0.05) is 18.0 Å². The van der Waals surface area contributed by atoms with Crippen molar-refractivity contribution in [1.82, 2.24) is 9.62 Å². The number of likely N-dealkylation sites (N-methyl/N-ethyl adjacent to an activating group) is 1. The largest absolute Gasteiger partial charge is 0.481 e. The SMILES string of the molecule is CN(CC(=O)NC1CC1)S(=O)(=O)c1ccc(CC(=O)O)s1. The molecule has 2 rings (SSSR count). The highest BCUT2D eigenvalue weighted by Gasteiger charge is 2.28. The van der Waals surface area contributed by atoms with E-state index in [-0.39, 0.29) is 29.1 Å². The van der Waals surface area contributed by atoms with E-state index < -0.39 is 16.0 Å². The van der Waals surface area contributed by atoms with Gasteiger partial charge in [0.05, 0.1) is 13.0 Å². The van der Waals surface area contributed by atoms with Gasteiger partial charge < -0.3 is 10.4 Å². The number of carboxylic acid groups (broad SMARTS) is 1. The van der Waals surface area contributed by atoms with Crippen LogP contribution < -0.4 is 5.32 Å². The maximum absolute atomic E-state index is 12.3. The molecule has 0 radical (unpaired) electrons. The van der Waals surface area contributed by atoms with E-state index in [1.165, 1.54) is 19.2 Å². The molecular formula is C12H16N2O5S2. The summed E-state index contributed by atoms with van der Waals surface area (Å²) < 4.78 is 25.6. The first-order valence-electron chi connectivity index (χ1n) is 6.35. The van der Waals surface area contributed by atoms with Gasteiger partial charge >= 0.3 is 5.97 Å². The summed E-state index contributed by atoms with van der Waals surface area (Å²) in [6, 6.07) is 3.02. The van der Waals surface area contributed by atoms with Crippen molar-refractivity contribution in [2.45, 2.75) is 29.5 Å². The van der Waals surface area contributed by atoms with Gasteiger partial charge in [0.15, 0.2) is 0 Å². The first-order chi connectivity index (χ1) is 9.79. The Bertz CT molecular complexity index is 648. The summed E-state index contributed by atoms with van der Waals surface area (Å²) in [5.74, 6) is -1.34. The predicted octanol–water partition coefficient (Wildman–Crippen LogP) is 0.274. The number of nitrogens with zero attached hydrogens (tertiary/aromatic N) is 1. The summed E-state index contributed by atoms with van der Waals surface area (Å²) in [5.41, 5.74) is 0. The van der Waals surface area contributed by atoms with Gasteiger partial charge in [-0.15, -0.1) is 11.3 Å². The number of carbonyl (C=O) groups is 2. The van der Waals surface area contributed by atoms with E-state index >= 15 is 0 Å². The van der Waals surface area contributed by atoms with E-state index in [0.29, 0.717) is 4.88 Å². The van der Waals surface area contributed by atoms with E-state index in [4.69, 9.17) is 5.11 Å². The Hall–Kier alpha value is -1.45. The second kappa shape index (κ2) is 6.12. The maximum atomic E-state index is 12.3. The third-order valence-electron chi connectivity index (χ3n) is 2.94. The molecule has 2 N–H and O–H groups in total. The van der Waals surface area contributed by atoms with Crippen molar-refractivity contribution >= 4 is 33.2 Å². The molecule has 9 heteroatoms. The average molecular weight is 332 g/mol. The lowest BCUT2D eigenvalue weighted by molar-refractivity contribution is -0.136. The zero-order valence-corrected chi connectivity index (χ0v) is 13.0. The molecule has 1 fully saturated rings. The predicted molar refractivity (Wildman–Crippen MR) is 76.6 cm³/mol. The Morgan fingerprint density at radius 3 is 2.67 bits per heavy atom. The maximum Gasteiger partial charge on any atom is 0.308 e. The molecule has 1 aliphatic carbocycles. The Balaban J connectivity index is 2.03. The van der Waals surface area contributed by atoms with Crippen LogP contribution in [-0.4, -0.2) is 49.3 Å². The molecule has 21 heavy (non-hydrogen) atoms. The molecule has 7 nitrogen and oxygen atoms in total. The summed E-state index contributed by atoms with van der Waals surface area (Å²) in [4.78, 5) is 22.7. The minimum absolute atomic E-state index is 0.0421. The van der Waals surface area contributed by atoms with Gasteiger partial charge in [-0.1, -0.05) is 0 Å². The van der Waals surface area contributed by atoms with Gasteiger partial charge in [0.25, 0.3) is 10.0 Å². The Labute approximate surface area is 126 Å². The van der Waals surface area contributed by atoms with Crippen LogP contribution in [0.2, 0.25) is 0 Å². The highest BCUT2D eigenvalue weighted by molar-refractivity contribution is 7.91. The zero-order valence-electron chi connectivity index (χ0n) is 11.4. The van der Waals surface area contributed by atoms with Gasteiger partial charge in [0.2, 0.25) is 5.91 Å². The molecule has 0 bridgehead atoms. The van der Waals surface area contributed by atoms with Crippen molar-refractivity contribution in [3.8, 4) is 0 Å². The Morgan fingerprint density at radius 2 is 2.10 bits per heavy atom. The van der Waals surface area contributed by atoms with Crippen LogP contribution in [0.25, 0.3) is 0 Å². The standard InChI is InChI=1S/C12H16N2O5S2/c1-14(7-10(15)13-8-2-3-8)21(18,19)12-5-4-9(20-12)6-11(16)17/h4-5,8H,2-3,6-7H2,1H3,(H,13,15)(H,16,17). The van der Waals surface area contributed by atoms with Crippen molar-refractivity contribution in [1.29, 1.82) is 0 Å². The lowest BCUT2D eigenvalue weighted by Gasteiger charge is -2.15. The second-order valence-electron chi connectivity index (χ2n) is 4.89. The molecular weight excluding hydrogens is 316 g/mol. The molecule has 0 atom stereocenters. The van der Waals surface area contributed by atoms with E-state index in [9.17, 15) is 18.0 Å². The van der Waals surface area contributed by atoms with Crippen LogP contribution in [-0.2, 0) is 26.0 Å². The molecule has 116 valence electrons. The van der Waals surface area contributed by atoms with Crippen LogP contribution in [0, 0.1) is 0 Å². The van der Waals surface area contributed by atoms with Crippen molar-refractivity contribution < 1.29 is 23.1 Å². The first-order valence-corrected chi connectivity index (χ1v) is 8.61. The lowest BCUT2D eigenvalue weighted by atomic mass is 10.3. The number of hydrogen-bond acceptors (Lipinski definition) is 5. The van der Waals surface area contributed by atoms with E-state index in [2.05, 4.69) is 5.32 Å². The highest BCUT2D eigenvalue weighted by Crippen LogP contribution is 2.25. The van der Waals surface area contributed by atoms with Gasteiger partial charge in [-0.05, 0) is 25.0 Å². The third-order valence-corrected chi connectivity index (χ3v) is 6.29. The van der Waals surface area contributed by atoms with Crippen LogP contribution in [0.15, 0.2) is 16.3 Å². The van der Waals surface area contributed by atoms with Crippen molar-refractivity contribution in [2.75, 3.05) is 13.6 Å². The van der Waals surface area contributed by atoms with Gasteiger partial charge in [-0.25, -0.2) is 8.42 Å². The molecule has 1 heterocycles. The summed E-state index contributed by atoms with van der Waals surface area (Å²) in [6.45, 7) is -0.245. The fourth-order valence-electron chi connectivity index (χ4n) is 1.68. The first kappa shape index (κ1) is 15.9. The molecule has 0 aromatic carbocycles. The van der Waals surface area contributed by atoms with Crippen molar-refractivity contribution in [2.24, 2.45) is 0 Å². The smallest absolute Gasteiger partial charge is 0.308 e. The quantitative estimate of drug-likeness (QED) is 0.746. The summed E-state index contributed by atoms with van der Waals surface area (Å²) in [7, 11) is -2.43. The van der Waals surface area contributed by atoms with E-state index in [1.54, 1.807) is 0 Å². The molecule has 1 saturated carbocycles. The number of nitrogens with one attached hydrogen (secondary N) is 1. The fourth-order valence-corrected chi connectivity index (χ4v) is 4.37. The normalized spacial score (nSPS) is 15.1. The summed E-state index contributed by atoms with van der Waals surface area (Å²) in [6.07, 6.45) is 1.66. The Morgan fingerprint density at radius 1 is 1.43 bits per heavy atom. The number of sulfonamides is 1. The molecule has 1 amide bonds. The van der Waals surface area contributed by atoms with Crippen molar-refractivity contribution in [3.63, 3.8) is 0 Å². The number of thiophene rings is 1. The van der Waals surface area contributed by atoms with Crippen LogP contribution in [0.4, 0.5) is 0 Å². The fraction of sp³-hybridized carbons (Fsp3) is 0.500. The number of carbonyl (C=O) groups excluding carboxylic acids is 1. The van der Waals surface area contributed by atoms with Gasteiger partial charge in [-0.2, -0.15) is 4.31 Å². The topological polar surface area (TPSA) is 104 Å². The molecule has 0 unspecified atom stereocenters. The summed E-state index contributed by atoms with van der Waals surface area (Å²) in [5, 5.41) is 11.4. The molecule has 1 aliphatic rings. The average Bonchev–Trinajstić information content (AvgIpc) is 3.04. The van der Waals surface area contributed by atoms with Gasteiger partial charge in [-0.3, -0.25) is 9.59 Å². The lowest BCUT2D eigenvalue weighted by Crippen LogP contribution is -2.38. The monoisotopic (exact) mass is 332 g/mol. The number of aliphatic carboxylic acids is 1. The molecule has 1 aromatic rings. The van der Waals surface area contributed by atoms with Crippen LogP contribution in [0.5, 0.6) is 0 Å². The molecule has 0 spiro atoms. The van der Waals surface area contributed by atoms with Crippen molar-refractivity contribution in [3.05, 3.63) is 17.0 Å². The minimum atomic E-state index is -3.77. The zero-order chi connectivity index (χ0) is 15.6. The number of rotatable bonds is 7. The highest BCUT2D eigenvalue weighted by atomic mass is 32.2. The number of hydrogen-bond donors (Lipinski definition) is 2.